The third kappa shape index (κ3) is 4.04. The molecule has 2 aromatic carbocycles. The van der Waals surface area contributed by atoms with Crippen molar-refractivity contribution in [2.75, 3.05) is 20.7 Å². The van der Waals surface area contributed by atoms with E-state index in [1.807, 2.05) is 25.1 Å². The fourth-order valence-electron chi connectivity index (χ4n) is 4.32. The Morgan fingerprint density at radius 2 is 1.86 bits per heavy atom. The van der Waals surface area contributed by atoms with Crippen LogP contribution in [-0.4, -0.2) is 37.0 Å². The van der Waals surface area contributed by atoms with Crippen molar-refractivity contribution in [3.63, 3.8) is 0 Å². The van der Waals surface area contributed by atoms with Gasteiger partial charge >= 0.3 is 0 Å². The number of likely N-dealkylation sites (N-methyl/N-ethyl adjacent to an activating group) is 1. The quantitative estimate of drug-likeness (QED) is 0.760. The summed E-state index contributed by atoms with van der Waals surface area (Å²) >= 11 is 0. The summed E-state index contributed by atoms with van der Waals surface area (Å²) in [6, 6.07) is 14.0. The maximum absolute atomic E-state index is 13.7. The maximum atomic E-state index is 13.7. The number of nitrogens with zero attached hydrogens (tertiary/aromatic N) is 1. The maximum Gasteiger partial charge on any atom is 0.255 e. The van der Waals surface area contributed by atoms with Gasteiger partial charge in [-0.25, -0.2) is 4.39 Å². The lowest BCUT2D eigenvalue weighted by Crippen LogP contribution is -2.53. The van der Waals surface area contributed by atoms with Crippen LogP contribution in [0, 0.1) is 5.82 Å². The highest BCUT2D eigenvalue weighted by Gasteiger charge is 2.44. The Bertz CT molecular complexity index is 802. The number of halogens is 1. The molecule has 1 saturated carbocycles. The largest absolute Gasteiger partial charge is 0.493 e. The number of nitrogens with one attached hydrogen (secondary N) is 1. The molecule has 0 saturated heterocycles. The molecule has 5 heteroatoms. The second kappa shape index (κ2) is 8.74. The molecular formula is C23H29FN2O2. The van der Waals surface area contributed by atoms with Crippen molar-refractivity contribution in [3.05, 3.63) is 65.5 Å². The fourth-order valence-corrected chi connectivity index (χ4v) is 4.32. The zero-order valence-electron chi connectivity index (χ0n) is 16.9. The van der Waals surface area contributed by atoms with Gasteiger partial charge in [0.1, 0.15) is 11.6 Å². The molecule has 3 rings (SSSR count). The Morgan fingerprint density at radius 3 is 2.46 bits per heavy atom. The van der Waals surface area contributed by atoms with Crippen LogP contribution >= 0.6 is 0 Å². The van der Waals surface area contributed by atoms with Gasteiger partial charge in [-0.2, -0.15) is 0 Å². The van der Waals surface area contributed by atoms with Gasteiger partial charge in [-0.3, -0.25) is 4.79 Å². The molecule has 1 N–H and O–H groups in total. The van der Waals surface area contributed by atoms with Gasteiger partial charge in [-0.15, -0.1) is 0 Å². The lowest BCUT2D eigenvalue weighted by molar-refractivity contribution is 0.0763. The lowest BCUT2D eigenvalue weighted by Gasteiger charge is -2.44. The van der Waals surface area contributed by atoms with Crippen LogP contribution in [0.2, 0.25) is 0 Å². The van der Waals surface area contributed by atoms with Crippen LogP contribution in [0.3, 0.4) is 0 Å². The summed E-state index contributed by atoms with van der Waals surface area (Å²) in [7, 11) is 4.16. The van der Waals surface area contributed by atoms with E-state index in [0.29, 0.717) is 12.2 Å². The molecule has 1 aliphatic carbocycles. The summed E-state index contributed by atoms with van der Waals surface area (Å²) in [4.78, 5) is 15.5. The van der Waals surface area contributed by atoms with Crippen LogP contribution < -0.4 is 10.1 Å². The number of carbonyl (C=O) groups is 1. The molecule has 28 heavy (non-hydrogen) atoms. The summed E-state index contributed by atoms with van der Waals surface area (Å²) in [6.07, 6.45) is 4.30. The fraction of sp³-hybridized carbons (Fsp3) is 0.435. The Kier molecular flexibility index (Phi) is 6.35. The van der Waals surface area contributed by atoms with Gasteiger partial charge in [0.2, 0.25) is 0 Å². The van der Waals surface area contributed by atoms with Crippen LogP contribution in [0.4, 0.5) is 4.39 Å². The SMILES string of the molecule is CCOc1cc(F)ccc1C(=O)NC(c1ccccc1)C1(N(C)C)CCCC1. The van der Waals surface area contributed by atoms with E-state index in [4.69, 9.17) is 4.74 Å². The van der Waals surface area contributed by atoms with Crippen LogP contribution in [-0.2, 0) is 0 Å². The second-order valence-corrected chi connectivity index (χ2v) is 7.60. The molecule has 2 aromatic rings. The number of hydrogen-bond donors (Lipinski definition) is 1. The number of benzene rings is 2. The van der Waals surface area contributed by atoms with E-state index in [2.05, 4.69) is 36.4 Å². The van der Waals surface area contributed by atoms with E-state index >= 15 is 0 Å². The van der Waals surface area contributed by atoms with Crippen molar-refractivity contribution >= 4 is 5.91 Å². The first-order valence-corrected chi connectivity index (χ1v) is 9.93. The molecule has 0 radical (unpaired) electrons. The van der Waals surface area contributed by atoms with Gasteiger partial charge in [-0.1, -0.05) is 43.2 Å². The highest BCUT2D eigenvalue weighted by atomic mass is 19.1. The topological polar surface area (TPSA) is 41.6 Å². The van der Waals surface area contributed by atoms with Crippen molar-refractivity contribution in [3.8, 4) is 5.75 Å². The Morgan fingerprint density at radius 1 is 1.18 bits per heavy atom. The van der Waals surface area contributed by atoms with Gasteiger partial charge in [-0.05, 0) is 51.6 Å². The molecule has 0 aliphatic heterocycles. The number of carbonyl (C=O) groups excluding carboxylic acids is 1. The smallest absolute Gasteiger partial charge is 0.255 e. The minimum Gasteiger partial charge on any atom is -0.493 e. The third-order valence-electron chi connectivity index (χ3n) is 5.79. The average molecular weight is 384 g/mol. The molecular weight excluding hydrogens is 355 g/mol. The molecule has 1 unspecified atom stereocenters. The Hall–Kier alpha value is -2.40. The van der Waals surface area contributed by atoms with E-state index in [0.717, 1.165) is 31.2 Å². The van der Waals surface area contributed by atoms with Crippen LogP contribution in [0.1, 0.15) is 54.6 Å². The van der Waals surface area contributed by atoms with Crippen LogP contribution in [0.5, 0.6) is 5.75 Å². The Balaban J connectivity index is 1.98. The number of ether oxygens (including phenoxy) is 1. The number of amides is 1. The second-order valence-electron chi connectivity index (χ2n) is 7.60. The summed E-state index contributed by atoms with van der Waals surface area (Å²) in [5.41, 5.74) is 1.28. The highest BCUT2D eigenvalue weighted by Crippen LogP contribution is 2.43. The molecule has 150 valence electrons. The zero-order valence-corrected chi connectivity index (χ0v) is 16.9. The summed E-state index contributed by atoms with van der Waals surface area (Å²) in [6.45, 7) is 2.19. The van der Waals surface area contributed by atoms with Gasteiger partial charge in [0, 0.05) is 11.6 Å². The molecule has 0 bridgehead atoms. The summed E-state index contributed by atoms with van der Waals surface area (Å²) in [5, 5.41) is 3.25. The molecule has 0 spiro atoms. The number of hydrogen-bond acceptors (Lipinski definition) is 3. The lowest BCUT2D eigenvalue weighted by atomic mass is 9.82. The first kappa shape index (κ1) is 20.3. The van der Waals surface area contributed by atoms with Gasteiger partial charge in [0.25, 0.3) is 5.91 Å². The molecule has 0 aromatic heterocycles. The Labute approximate surface area is 166 Å². The predicted octanol–water partition coefficient (Wildman–Crippen LogP) is 4.57. The average Bonchev–Trinajstić information content (AvgIpc) is 3.18. The van der Waals surface area contributed by atoms with Crippen molar-refractivity contribution in [2.45, 2.75) is 44.2 Å². The molecule has 1 aliphatic rings. The van der Waals surface area contributed by atoms with E-state index in [1.165, 1.54) is 18.2 Å². The van der Waals surface area contributed by atoms with E-state index < -0.39 is 5.82 Å². The molecule has 1 amide bonds. The normalized spacial score (nSPS) is 16.8. The predicted molar refractivity (Wildman–Crippen MR) is 109 cm³/mol. The van der Waals surface area contributed by atoms with Crippen molar-refractivity contribution in [1.82, 2.24) is 10.2 Å². The van der Waals surface area contributed by atoms with E-state index in [1.54, 1.807) is 0 Å². The zero-order chi connectivity index (χ0) is 20.1. The number of rotatable bonds is 7. The van der Waals surface area contributed by atoms with Gasteiger partial charge < -0.3 is 15.0 Å². The standard InChI is InChI=1S/C23H29FN2O2/c1-4-28-20-16-18(24)12-13-19(20)22(27)25-21(17-10-6-5-7-11-17)23(26(2)3)14-8-9-15-23/h5-7,10-13,16,21H,4,8-9,14-15H2,1-3H3,(H,25,27). The summed E-state index contributed by atoms with van der Waals surface area (Å²) < 4.78 is 19.2. The van der Waals surface area contributed by atoms with Crippen LogP contribution in [0.25, 0.3) is 0 Å². The molecule has 1 atom stereocenters. The van der Waals surface area contributed by atoms with E-state index in [-0.39, 0.29) is 23.2 Å². The first-order chi connectivity index (χ1) is 13.5. The first-order valence-electron chi connectivity index (χ1n) is 9.93. The van der Waals surface area contributed by atoms with Crippen molar-refractivity contribution < 1.29 is 13.9 Å². The molecule has 4 nitrogen and oxygen atoms in total. The third-order valence-corrected chi connectivity index (χ3v) is 5.79. The van der Waals surface area contributed by atoms with Gasteiger partial charge in [0.15, 0.2) is 0 Å². The van der Waals surface area contributed by atoms with E-state index in [9.17, 15) is 9.18 Å². The minimum absolute atomic E-state index is 0.150. The van der Waals surface area contributed by atoms with Crippen molar-refractivity contribution in [2.24, 2.45) is 0 Å². The van der Waals surface area contributed by atoms with Crippen molar-refractivity contribution in [1.29, 1.82) is 0 Å². The molecule has 0 heterocycles. The van der Waals surface area contributed by atoms with Crippen LogP contribution in [0.15, 0.2) is 48.5 Å². The van der Waals surface area contributed by atoms with Gasteiger partial charge in [0.05, 0.1) is 18.2 Å². The monoisotopic (exact) mass is 384 g/mol. The molecule has 1 fully saturated rings. The summed E-state index contributed by atoms with van der Waals surface area (Å²) in [5.74, 6) is -0.386. The highest BCUT2D eigenvalue weighted by molar-refractivity contribution is 5.97. The minimum atomic E-state index is -0.417.